The number of furan rings is 1. The van der Waals surface area contributed by atoms with Gasteiger partial charge in [-0.2, -0.15) is 0 Å². The summed E-state index contributed by atoms with van der Waals surface area (Å²) in [4.78, 5) is 0. The highest BCUT2D eigenvalue weighted by Crippen LogP contribution is 2.48. The highest BCUT2D eigenvalue weighted by molar-refractivity contribution is 6.26. The second-order valence-corrected chi connectivity index (χ2v) is 10.2. The molecule has 0 amide bonds. The minimum atomic E-state index is -0.532. The highest BCUT2D eigenvalue weighted by atomic mass is 16.3. The molecular weight excluding hydrogens is 520 g/mol. The van der Waals surface area contributed by atoms with E-state index in [9.17, 15) is 5.48 Å². The smallest absolute Gasteiger partial charge is 0.143 e. The Balaban J connectivity index is 1.52. The molecule has 1 nitrogen and oxygen atoms in total. The molecule has 43 heavy (non-hydrogen) atoms. The van der Waals surface area contributed by atoms with Crippen molar-refractivity contribution < 1.29 is 22.2 Å². The van der Waals surface area contributed by atoms with Gasteiger partial charge in [-0.1, -0.05) is 151 Å². The Labute approximate surface area is 267 Å². The third-order valence-electron chi connectivity index (χ3n) is 7.93. The maximum atomic E-state index is 9.60. The molecule has 0 aliphatic rings. The van der Waals surface area contributed by atoms with Crippen LogP contribution in [0.3, 0.4) is 0 Å². The van der Waals surface area contributed by atoms with Crippen LogP contribution >= 0.6 is 0 Å². The van der Waals surface area contributed by atoms with Crippen molar-refractivity contribution in [3.8, 4) is 33.4 Å². The van der Waals surface area contributed by atoms with Gasteiger partial charge >= 0.3 is 0 Å². The van der Waals surface area contributed by atoms with Gasteiger partial charge in [0.25, 0.3) is 0 Å². The molecule has 0 bridgehead atoms. The first-order valence-corrected chi connectivity index (χ1v) is 13.7. The van der Waals surface area contributed by atoms with Crippen LogP contribution in [0.1, 0.15) is 17.8 Å². The van der Waals surface area contributed by atoms with Gasteiger partial charge in [0.05, 0.1) is 17.8 Å². The second kappa shape index (κ2) is 9.44. The zero-order valence-corrected chi connectivity index (χ0v) is 22.4. The number of para-hydroxylation sites is 2. The number of rotatable bonds is 3. The summed E-state index contributed by atoms with van der Waals surface area (Å²) in [5.74, 6) is 0. The SMILES string of the molecule is [2H]c1c([2H])c([2H])c2c(oc3c(-c4c5ccccc5c(-c5c([2H])c([2H])c(-c6ccccc6)c6c([2H])c([2H])c([2H])c([2H])c56)c5ccccc45)c([2H])c([2H])c([2H])c32)c1[2H]. The summed E-state index contributed by atoms with van der Waals surface area (Å²) in [5.41, 5.74) is 1.42. The summed E-state index contributed by atoms with van der Waals surface area (Å²) >= 11 is 0. The quantitative estimate of drug-likeness (QED) is 0.196. The normalized spacial score (nSPS) is 16.0. The third kappa shape index (κ3) is 3.58. The molecule has 1 aromatic heterocycles. The maximum absolute atomic E-state index is 9.60. The summed E-state index contributed by atoms with van der Waals surface area (Å²) in [6.45, 7) is 0. The minimum absolute atomic E-state index is 0.0361. The summed E-state index contributed by atoms with van der Waals surface area (Å²) in [6, 6.07) is 17.4. The number of fused-ring (bicyclic) bond motifs is 6. The summed E-state index contributed by atoms with van der Waals surface area (Å²) in [5, 5.41) is 2.01. The van der Waals surface area contributed by atoms with Crippen LogP contribution in [0, 0.1) is 0 Å². The number of benzene rings is 8. The molecule has 0 atom stereocenters. The highest BCUT2D eigenvalue weighted by Gasteiger charge is 2.21. The van der Waals surface area contributed by atoms with Gasteiger partial charge in [-0.05, 0) is 60.6 Å². The van der Waals surface area contributed by atoms with Crippen molar-refractivity contribution in [2.75, 3.05) is 0 Å². The Morgan fingerprint density at radius 1 is 0.372 bits per heavy atom. The van der Waals surface area contributed by atoms with Crippen molar-refractivity contribution in [3.63, 3.8) is 0 Å². The molecule has 0 fully saturated rings. The first kappa shape index (κ1) is 14.5. The lowest BCUT2D eigenvalue weighted by Crippen LogP contribution is -1.92. The number of hydrogen-bond acceptors (Lipinski definition) is 1. The van der Waals surface area contributed by atoms with E-state index in [1.165, 1.54) is 0 Å². The predicted octanol–water partition coefficient (Wildman–Crippen LogP) is 12.0. The van der Waals surface area contributed by atoms with Crippen molar-refractivity contribution in [1.82, 2.24) is 0 Å². The number of hydrogen-bond donors (Lipinski definition) is 0. The molecular formula is C42H26O. The van der Waals surface area contributed by atoms with E-state index in [1.54, 1.807) is 78.9 Å². The Kier molecular flexibility index (Phi) is 3.18. The summed E-state index contributed by atoms with van der Waals surface area (Å²) in [7, 11) is 0. The fourth-order valence-electron chi connectivity index (χ4n) is 6.12. The van der Waals surface area contributed by atoms with Gasteiger partial charge in [-0.3, -0.25) is 0 Å². The van der Waals surface area contributed by atoms with Crippen LogP contribution < -0.4 is 0 Å². The van der Waals surface area contributed by atoms with Crippen molar-refractivity contribution in [1.29, 1.82) is 0 Å². The molecule has 0 spiro atoms. The Morgan fingerprint density at radius 3 is 1.56 bits per heavy atom. The summed E-state index contributed by atoms with van der Waals surface area (Å²) in [6.07, 6.45) is 0. The molecule has 1 heterocycles. The molecule has 0 unspecified atom stereocenters. The van der Waals surface area contributed by atoms with E-state index in [2.05, 4.69) is 0 Å². The molecule has 0 radical (unpaired) electrons. The lowest BCUT2D eigenvalue weighted by atomic mass is 9.83. The molecule has 9 aromatic rings. The van der Waals surface area contributed by atoms with Crippen LogP contribution in [0.15, 0.2) is 162 Å². The fraction of sp³-hybridized carbons (Fsp3) is 0. The molecule has 0 saturated heterocycles. The standard InChI is InChI=1S/C42H26O/c1-2-13-27(14-3-1)28-25-26-36(30-16-5-4-15-29(28)30)40-32-18-6-8-20-34(32)41(35-21-9-7-19-33(35)40)38-23-12-22-37-31-17-10-11-24-39(31)43-42(37)38/h1-26H/i4D,5D,10D,11D,12D,15D,16D,17D,22D,23D,24D,25D,26D. The molecule has 1 heteroatoms. The largest absolute Gasteiger partial charge is 0.455 e. The molecule has 8 aromatic carbocycles. The average Bonchev–Trinajstić information content (AvgIpc) is 3.61. The minimum Gasteiger partial charge on any atom is -0.455 e. The van der Waals surface area contributed by atoms with Crippen molar-refractivity contribution >= 4 is 54.3 Å². The maximum Gasteiger partial charge on any atom is 0.143 e. The molecule has 0 saturated carbocycles. The zero-order chi connectivity index (χ0) is 39.6. The molecule has 200 valence electrons. The predicted molar refractivity (Wildman–Crippen MR) is 183 cm³/mol. The van der Waals surface area contributed by atoms with Crippen LogP contribution in [0.5, 0.6) is 0 Å². The topological polar surface area (TPSA) is 13.1 Å². The van der Waals surface area contributed by atoms with E-state index in [-0.39, 0.29) is 79.6 Å². The Morgan fingerprint density at radius 2 is 0.884 bits per heavy atom. The van der Waals surface area contributed by atoms with Crippen molar-refractivity contribution in [2.45, 2.75) is 0 Å². The first-order valence-electron chi connectivity index (χ1n) is 20.2. The molecule has 0 aliphatic carbocycles. The van der Waals surface area contributed by atoms with Gasteiger partial charge in [0.2, 0.25) is 0 Å². The average molecular weight is 560 g/mol. The molecule has 0 N–H and O–H groups in total. The van der Waals surface area contributed by atoms with Crippen molar-refractivity contribution in [3.05, 3.63) is 157 Å². The van der Waals surface area contributed by atoms with E-state index in [4.69, 9.17) is 16.8 Å². The second-order valence-electron chi connectivity index (χ2n) is 10.2. The molecule has 0 aliphatic heterocycles. The van der Waals surface area contributed by atoms with Crippen LogP contribution in [-0.2, 0) is 0 Å². The molecule has 9 rings (SSSR count). The Bertz CT molecular complexity index is 3170. The summed E-state index contributed by atoms with van der Waals surface area (Å²) < 4.78 is 122. The van der Waals surface area contributed by atoms with Crippen LogP contribution in [0.4, 0.5) is 0 Å². The van der Waals surface area contributed by atoms with Crippen molar-refractivity contribution in [2.24, 2.45) is 0 Å². The van der Waals surface area contributed by atoms with Crippen LogP contribution in [0.25, 0.3) is 87.6 Å². The van der Waals surface area contributed by atoms with E-state index in [0.717, 1.165) is 0 Å². The lowest BCUT2D eigenvalue weighted by molar-refractivity contribution is 0.670. The zero-order valence-electron chi connectivity index (χ0n) is 35.4. The van der Waals surface area contributed by atoms with E-state index in [1.807, 2.05) is 0 Å². The lowest BCUT2D eigenvalue weighted by Gasteiger charge is -2.19. The van der Waals surface area contributed by atoms with Gasteiger partial charge in [-0.25, -0.2) is 0 Å². The monoisotopic (exact) mass is 559 g/mol. The van der Waals surface area contributed by atoms with Gasteiger partial charge in [-0.15, -0.1) is 0 Å². The van der Waals surface area contributed by atoms with Gasteiger partial charge in [0.1, 0.15) is 11.2 Å². The van der Waals surface area contributed by atoms with Gasteiger partial charge in [0.15, 0.2) is 0 Å². The van der Waals surface area contributed by atoms with Gasteiger partial charge < -0.3 is 4.42 Å². The fourth-order valence-corrected chi connectivity index (χ4v) is 6.12. The first-order chi connectivity index (χ1) is 26.8. The Hall–Kier alpha value is -5.66. The third-order valence-corrected chi connectivity index (χ3v) is 7.93. The van der Waals surface area contributed by atoms with Crippen LogP contribution in [0.2, 0.25) is 0 Å². The van der Waals surface area contributed by atoms with Crippen LogP contribution in [-0.4, -0.2) is 0 Å². The van der Waals surface area contributed by atoms with E-state index in [0.29, 0.717) is 38.2 Å². The van der Waals surface area contributed by atoms with E-state index < -0.39 is 48.3 Å². The van der Waals surface area contributed by atoms with Gasteiger partial charge in [0, 0.05) is 21.9 Å². The van der Waals surface area contributed by atoms with E-state index >= 15 is 0 Å².